The van der Waals surface area contributed by atoms with Crippen molar-refractivity contribution in [2.75, 3.05) is 31.6 Å². The van der Waals surface area contributed by atoms with E-state index in [9.17, 15) is 14.4 Å². The highest BCUT2D eigenvalue weighted by atomic mass is 16.5. The molecule has 0 aliphatic carbocycles. The average molecular weight is 386 g/mol. The zero-order valence-electron chi connectivity index (χ0n) is 17.1. The Balaban J connectivity index is 1.70. The van der Waals surface area contributed by atoms with Gasteiger partial charge in [0.2, 0.25) is 11.8 Å². The molecule has 1 aromatic rings. The number of methoxy groups -OCH3 is 1. The van der Waals surface area contributed by atoms with Crippen molar-refractivity contribution >= 4 is 23.5 Å². The molecular formula is C22H30N2O4. The van der Waals surface area contributed by atoms with Crippen molar-refractivity contribution < 1.29 is 19.1 Å². The van der Waals surface area contributed by atoms with Crippen molar-refractivity contribution in [3.63, 3.8) is 0 Å². The number of carbonyl (C=O) groups is 3. The lowest BCUT2D eigenvalue weighted by atomic mass is 9.95. The smallest absolute Gasteiger partial charge is 0.308 e. The van der Waals surface area contributed by atoms with E-state index < -0.39 is 0 Å². The van der Waals surface area contributed by atoms with Crippen LogP contribution in [0.3, 0.4) is 0 Å². The molecule has 0 N–H and O–H groups in total. The number of carbonyl (C=O) groups excluding carboxylic acids is 3. The number of rotatable bonds is 5. The second kappa shape index (κ2) is 8.76. The summed E-state index contributed by atoms with van der Waals surface area (Å²) in [5.74, 6) is -0.571. The molecule has 28 heavy (non-hydrogen) atoms. The monoisotopic (exact) mass is 386 g/mol. The number of esters is 1. The lowest BCUT2D eigenvalue weighted by Gasteiger charge is -2.32. The van der Waals surface area contributed by atoms with Gasteiger partial charge >= 0.3 is 5.97 Å². The molecule has 2 saturated heterocycles. The SMILES string of the molecule is CCc1cccc(CC)c1N1CC(C(=O)N2CCC(C(=O)OC)CC2)CC1=O. The van der Waals surface area contributed by atoms with E-state index in [1.807, 2.05) is 15.9 Å². The highest BCUT2D eigenvalue weighted by molar-refractivity contribution is 6.01. The molecule has 2 aliphatic rings. The van der Waals surface area contributed by atoms with Crippen molar-refractivity contribution in [2.24, 2.45) is 11.8 Å². The summed E-state index contributed by atoms with van der Waals surface area (Å²) in [6, 6.07) is 6.17. The number of para-hydroxylation sites is 1. The van der Waals surface area contributed by atoms with Crippen molar-refractivity contribution in [3.8, 4) is 0 Å². The fraction of sp³-hybridized carbons (Fsp3) is 0.591. The van der Waals surface area contributed by atoms with Gasteiger partial charge in [-0.1, -0.05) is 32.0 Å². The summed E-state index contributed by atoms with van der Waals surface area (Å²) in [5.41, 5.74) is 3.30. The van der Waals surface area contributed by atoms with Crippen LogP contribution in [0.15, 0.2) is 18.2 Å². The van der Waals surface area contributed by atoms with Crippen LogP contribution in [-0.4, -0.2) is 49.4 Å². The van der Waals surface area contributed by atoms with Gasteiger partial charge in [-0.15, -0.1) is 0 Å². The van der Waals surface area contributed by atoms with Crippen LogP contribution < -0.4 is 4.90 Å². The maximum atomic E-state index is 13.0. The molecule has 0 aromatic heterocycles. The number of likely N-dealkylation sites (tertiary alicyclic amines) is 1. The van der Waals surface area contributed by atoms with Crippen LogP contribution in [0.2, 0.25) is 0 Å². The summed E-state index contributed by atoms with van der Waals surface area (Å²) in [7, 11) is 1.40. The third-order valence-corrected chi connectivity index (χ3v) is 6.05. The van der Waals surface area contributed by atoms with Gasteiger partial charge in [-0.05, 0) is 36.8 Å². The summed E-state index contributed by atoms with van der Waals surface area (Å²) >= 11 is 0. The van der Waals surface area contributed by atoms with Gasteiger partial charge in [-0.3, -0.25) is 14.4 Å². The van der Waals surface area contributed by atoms with Gasteiger partial charge in [0.1, 0.15) is 0 Å². The van der Waals surface area contributed by atoms with Gasteiger partial charge in [0, 0.05) is 31.7 Å². The number of amides is 2. The summed E-state index contributed by atoms with van der Waals surface area (Å²) in [6.07, 6.45) is 3.22. The molecule has 0 radical (unpaired) electrons. The second-order valence-electron chi connectivity index (χ2n) is 7.66. The molecular weight excluding hydrogens is 356 g/mol. The zero-order chi connectivity index (χ0) is 20.3. The molecule has 2 amide bonds. The van der Waals surface area contributed by atoms with Crippen molar-refractivity contribution in [1.29, 1.82) is 0 Å². The Morgan fingerprint density at radius 1 is 1.07 bits per heavy atom. The predicted molar refractivity (Wildman–Crippen MR) is 107 cm³/mol. The normalized spacial score (nSPS) is 20.5. The van der Waals surface area contributed by atoms with E-state index >= 15 is 0 Å². The number of piperidine rings is 1. The first kappa shape index (κ1) is 20.4. The van der Waals surface area contributed by atoms with E-state index in [-0.39, 0.29) is 36.0 Å². The number of hydrogen-bond donors (Lipinski definition) is 0. The predicted octanol–water partition coefficient (Wildman–Crippen LogP) is 2.58. The van der Waals surface area contributed by atoms with Crippen LogP contribution >= 0.6 is 0 Å². The molecule has 6 nitrogen and oxygen atoms in total. The van der Waals surface area contributed by atoms with Gasteiger partial charge in [0.05, 0.1) is 18.9 Å². The number of aryl methyl sites for hydroxylation is 2. The highest BCUT2D eigenvalue weighted by Crippen LogP contribution is 2.33. The Morgan fingerprint density at radius 2 is 1.68 bits per heavy atom. The summed E-state index contributed by atoms with van der Waals surface area (Å²) in [6.45, 7) is 5.72. The standard InChI is InChI=1S/C22H30N2O4/c1-4-15-7-6-8-16(5-2)20(15)24-14-18(13-19(24)25)21(26)23-11-9-17(10-12-23)22(27)28-3/h6-8,17-18H,4-5,9-14H2,1-3H3. The van der Waals surface area contributed by atoms with Crippen LogP contribution in [0.25, 0.3) is 0 Å². The zero-order valence-corrected chi connectivity index (χ0v) is 17.1. The van der Waals surface area contributed by atoms with E-state index in [4.69, 9.17) is 4.74 Å². The van der Waals surface area contributed by atoms with Gasteiger partial charge in [-0.2, -0.15) is 0 Å². The molecule has 6 heteroatoms. The van der Waals surface area contributed by atoms with E-state index in [2.05, 4.69) is 26.0 Å². The first-order valence-corrected chi connectivity index (χ1v) is 10.3. The van der Waals surface area contributed by atoms with Crippen molar-refractivity contribution in [1.82, 2.24) is 4.90 Å². The molecule has 1 atom stereocenters. The minimum Gasteiger partial charge on any atom is -0.469 e. The van der Waals surface area contributed by atoms with Crippen molar-refractivity contribution in [3.05, 3.63) is 29.3 Å². The molecule has 1 unspecified atom stereocenters. The molecule has 0 spiro atoms. The van der Waals surface area contributed by atoms with Crippen LogP contribution in [0, 0.1) is 11.8 Å². The number of ether oxygens (including phenoxy) is 1. The topological polar surface area (TPSA) is 66.9 Å². The Bertz CT molecular complexity index is 731. The third-order valence-electron chi connectivity index (χ3n) is 6.05. The van der Waals surface area contributed by atoms with Crippen LogP contribution in [0.4, 0.5) is 5.69 Å². The Kier molecular flexibility index (Phi) is 6.37. The fourth-order valence-corrected chi connectivity index (χ4v) is 4.41. The number of benzene rings is 1. The molecule has 2 fully saturated rings. The van der Waals surface area contributed by atoms with E-state index in [0.29, 0.717) is 32.5 Å². The lowest BCUT2D eigenvalue weighted by Crippen LogP contribution is -2.44. The average Bonchev–Trinajstić information content (AvgIpc) is 3.13. The molecule has 1 aromatic carbocycles. The summed E-state index contributed by atoms with van der Waals surface area (Å²) in [5, 5.41) is 0. The maximum absolute atomic E-state index is 13.0. The van der Waals surface area contributed by atoms with E-state index in [0.717, 1.165) is 29.7 Å². The molecule has 0 saturated carbocycles. The number of hydrogen-bond acceptors (Lipinski definition) is 4. The van der Waals surface area contributed by atoms with Crippen LogP contribution in [0.1, 0.15) is 44.2 Å². The maximum Gasteiger partial charge on any atom is 0.308 e. The third kappa shape index (κ3) is 3.91. The van der Waals surface area contributed by atoms with Gasteiger partial charge in [-0.25, -0.2) is 0 Å². The molecule has 2 heterocycles. The Hall–Kier alpha value is -2.37. The van der Waals surface area contributed by atoms with Gasteiger partial charge in [0.15, 0.2) is 0 Å². The van der Waals surface area contributed by atoms with Gasteiger partial charge in [0.25, 0.3) is 0 Å². The number of anilines is 1. The quantitative estimate of drug-likeness (QED) is 0.730. The molecule has 2 aliphatic heterocycles. The van der Waals surface area contributed by atoms with Crippen LogP contribution in [-0.2, 0) is 32.0 Å². The van der Waals surface area contributed by atoms with Crippen molar-refractivity contribution in [2.45, 2.75) is 46.0 Å². The summed E-state index contributed by atoms with van der Waals surface area (Å²) in [4.78, 5) is 41.1. The first-order valence-electron chi connectivity index (χ1n) is 10.3. The molecule has 3 rings (SSSR count). The fourth-order valence-electron chi connectivity index (χ4n) is 4.41. The summed E-state index contributed by atoms with van der Waals surface area (Å²) < 4.78 is 4.81. The minimum absolute atomic E-state index is 0.0263. The molecule has 152 valence electrons. The highest BCUT2D eigenvalue weighted by Gasteiger charge is 2.39. The molecule has 0 bridgehead atoms. The second-order valence-corrected chi connectivity index (χ2v) is 7.66. The number of nitrogens with zero attached hydrogens (tertiary/aromatic N) is 2. The Morgan fingerprint density at radius 3 is 2.21 bits per heavy atom. The van der Waals surface area contributed by atoms with E-state index in [1.54, 1.807) is 0 Å². The lowest BCUT2D eigenvalue weighted by molar-refractivity contribution is -0.149. The van der Waals surface area contributed by atoms with Gasteiger partial charge < -0.3 is 14.5 Å². The Labute approximate surface area is 166 Å². The van der Waals surface area contributed by atoms with Crippen LogP contribution in [0.5, 0.6) is 0 Å². The van der Waals surface area contributed by atoms with E-state index in [1.165, 1.54) is 7.11 Å². The first-order chi connectivity index (χ1) is 13.5. The largest absolute Gasteiger partial charge is 0.469 e. The minimum atomic E-state index is -0.309.